The number of hydrogen-bond donors (Lipinski definition) is 1. The van der Waals surface area contributed by atoms with Gasteiger partial charge in [-0.05, 0) is 44.7 Å². The second kappa shape index (κ2) is 8.12. The smallest absolute Gasteiger partial charge is 0.410 e. The Bertz CT molecular complexity index is 1140. The summed E-state index contributed by atoms with van der Waals surface area (Å²) < 4.78 is 20.9. The third kappa shape index (κ3) is 4.45. The number of anilines is 2. The van der Waals surface area contributed by atoms with Crippen molar-refractivity contribution in [2.24, 2.45) is 0 Å². The van der Waals surface area contributed by atoms with Gasteiger partial charge in [0.1, 0.15) is 11.9 Å². The SMILES string of the molecule is [C-]#[N+]c1ccc(Nc2ncnc(CN3CCN(C(=O)OC4(C)CC4)CC34CC4)c2F)c(Cl)c1. The average Bonchev–Trinajstić information content (AvgIpc) is 3.72. The van der Waals surface area contributed by atoms with Gasteiger partial charge in [-0.2, -0.15) is 0 Å². The molecule has 0 radical (unpaired) electrons. The number of rotatable bonds is 5. The van der Waals surface area contributed by atoms with Crippen molar-refractivity contribution in [3.05, 3.63) is 52.5 Å². The number of carbonyl (C=O) groups is 1. The Morgan fingerprint density at radius 2 is 2.09 bits per heavy atom. The maximum atomic E-state index is 15.3. The topological polar surface area (TPSA) is 75.0 Å². The summed E-state index contributed by atoms with van der Waals surface area (Å²) in [7, 11) is 0. The van der Waals surface area contributed by atoms with E-state index in [1.807, 2.05) is 6.92 Å². The highest BCUT2D eigenvalue weighted by molar-refractivity contribution is 6.33. The van der Waals surface area contributed by atoms with E-state index >= 15 is 4.39 Å². The number of ether oxygens (including phenoxy) is 1. The van der Waals surface area contributed by atoms with Gasteiger partial charge in [0.15, 0.2) is 17.3 Å². The number of carbonyl (C=O) groups excluding carboxylic acids is 1. The zero-order valence-electron chi connectivity index (χ0n) is 18.3. The molecule has 3 fully saturated rings. The molecule has 1 aromatic heterocycles. The van der Waals surface area contributed by atoms with Crippen molar-refractivity contribution in [1.29, 1.82) is 0 Å². The summed E-state index contributed by atoms with van der Waals surface area (Å²) in [6.45, 7) is 11.1. The number of hydrogen-bond acceptors (Lipinski definition) is 6. The zero-order chi connectivity index (χ0) is 23.2. The van der Waals surface area contributed by atoms with Crippen LogP contribution in [0.5, 0.6) is 0 Å². The molecule has 3 aliphatic rings. The van der Waals surface area contributed by atoms with E-state index in [0.29, 0.717) is 42.6 Å². The molecule has 10 heteroatoms. The molecule has 1 aliphatic heterocycles. The van der Waals surface area contributed by atoms with E-state index in [-0.39, 0.29) is 28.7 Å². The summed E-state index contributed by atoms with van der Waals surface area (Å²) in [4.78, 5) is 28.1. The lowest BCUT2D eigenvalue weighted by Crippen LogP contribution is -2.56. The molecule has 1 aromatic carbocycles. The highest BCUT2D eigenvalue weighted by Crippen LogP contribution is 2.46. The van der Waals surface area contributed by atoms with Gasteiger partial charge in [-0.3, -0.25) is 4.90 Å². The van der Waals surface area contributed by atoms with Crippen molar-refractivity contribution in [2.75, 3.05) is 25.0 Å². The molecule has 1 N–H and O–H groups in total. The summed E-state index contributed by atoms with van der Waals surface area (Å²) in [5.74, 6) is -0.510. The Hall–Kier alpha value is -2.96. The van der Waals surface area contributed by atoms with Crippen LogP contribution >= 0.6 is 11.6 Å². The first-order chi connectivity index (χ1) is 15.8. The predicted octanol–water partition coefficient (Wildman–Crippen LogP) is 4.90. The molecule has 1 spiro atoms. The third-order valence-electron chi connectivity index (χ3n) is 6.71. The molecule has 8 nitrogen and oxygen atoms in total. The van der Waals surface area contributed by atoms with Crippen LogP contribution in [0.1, 0.15) is 38.3 Å². The summed E-state index contributed by atoms with van der Waals surface area (Å²) in [6.07, 6.45) is 4.82. The Labute approximate surface area is 196 Å². The molecular formula is C23H24ClFN6O2. The minimum Gasteiger partial charge on any atom is -0.443 e. The number of halogens is 2. The molecule has 172 valence electrons. The van der Waals surface area contributed by atoms with Crippen LogP contribution in [0.3, 0.4) is 0 Å². The third-order valence-corrected chi connectivity index (χ3v) is 7.02. The van der Waals surface area contributed by atoms with E-state index < -0.39 is 5.82 Å². The zero-order valence-corrected chi connectivity index (χ0v) is 19.0. The van der Waals surface area contributed by atoms with Crippen LogP contribution in [-0.4, -0.2) is 56.6 Å². The first-order valence-electron chi connectivity index (χ1n) is 11.0. The fourth-order valence-corrected chi connectivity index (χ4v) is 4.40. The lowest BCUT2D eigenvalue weighted by Gasteiger charge is -2.41. The van der Waals surface area contributed by atoms with Crippen molar-refractivity contribution in [2.45, 2.75) is 50.3 Å². The number of nitrogens with one attached hydrogen (secondary N) is 1. The molecule has 5 rings (SSSR count). The van der Waals surface area contributed by atoms with Gasteiger partial charge in [0.2, 0.25) is 0 Å². The van der Waals surface area contributed by atoms with Crippen LogP contribution in [0.25, 0.3) is 4.85 Å². The molecule has 1 amide bonds. The molecule has 33 heavy (non-hydrogen) atoms. The molecule has 2 heterocycles. The van der Waals surface area contributed by atoms with E-state index in [4.69, 9.17) is 22.9 Å². The monoisotopic (exact) mass is 470 g/mol. The van der Waals surface area contributed by atoms with Crippen LogP contribution in [0.15, 0.2) is 24.5 Å². The van der Waals surface area contributed by atoms with Crippen LogP contribution in [0.4, 0.5) is 26.4 Å². The minimum absolute atomic E-state index is 0.0298. The Balaban J connectivity index is 1.27. The molecule has 0 atom stereocenters. The molecule has 2 saturated carbocycles. The maximum Gasteiger partial charge on any atom is 0.410 e. The molecule has 2 aromatic rings. The van der Waals surface area contributed by atoms with Gasteiger partial charge in [-0.15, -0.1) is 0 Å². The van der Waals surface area contributed by atoms with Gasteiger partial charge >= 0.3 is 6.09 Å². The average molecular weight is 471 g/mol. The second-order valence-corrected chi connectivity index (χ2v) is 9.68. The van der Waals surface area contributed by atoms with Crippen LogP contribution < -0.4 is 5.32 Å². The van der Waals surface area contributed by atoms with Gasteiger partial charge in [-0.1, -0.05) is 17.7 Å². The van der Waals surface area contributed by atoms with E-state index in [0.717, 1.165) is 25.7 Å². The molecule has 2 aliphatic carbocycles. The normalized spacial score (nSPS) is 20.2. The van der Waals surface area contributed by atoms with Crippen molar-refractivity contribution in [3.63, 3.8) is 0 Å². The lowest BCUT2D eigenvalue weighted by molar-refractivity contribution is 0.0164. The van der Waals surface area contributed by atoms with E-state index in [1.54, 1.807) is 17.0 Å². The first kappa shape index (κ1) is 21.9. The minimum atomic E-state index is -0.540. The van der Waals surface area contributed by atoms with Gasteiger partial charge in [0.05, 0.1) is 23.0 Å². The number of aromatic nitrogens is 2. The van der Waals surface area contributed by atoms with Crippen molar-refractivity contribution in [1.82, 2.24) is 19.8 Å². The van der Waals surface area contributed by atoms with E-state index in [9.17, 15) is 4.79 Å². The lowest BCUT2D eigenvalue weighted by atomic mass is 10.1. The second-order valence-electron chi connectivity index (χ2n) is 9.27. The van der Waals surface area contributed by atoms with Gasteiger partial charge < -0.3 is 15.0 Å². The van der Waals surface area contributed by atoms with Crippen molar-refractivity contribution in [3.8, 4) is 0 Å². The summed E-state index contributed by atoms with van der Waals surface area (Å²) >= 11 is 6.21. The van der Waals surface area contributed by atoms with Crippen LogP contribution in [0, 0.1) is 12.4 Å². The van der Waals surface area contributed by atoms with E-state index in [1.165, 1.54) is 12.4 Å². The Morgan fingerprint density at radius 1 is 1.30 bits per heavy atom. The fourth-order valence-electron chi connectivity index (χ4n) is 4.17. The highest BCUT2D eigenvalue weighted by Gasteiger charge is 2.53. The standard InChI is InChI=1S/C23H24ClFN6O2/c1-22(5-6-22)33-21(32)30-9-10-31(23(13-30)7-8-23)12-18-19(25)20(28-14-27-18)29-17-4-3-15(26-2)11-16(17)24/h3-4,11,14H,5-10,12-13H2,1H3,(H,27,28,29). The van der Waals surface area contributed by atoms with Gasteiger partial charge in [0, 0.05) is 31.7 Å². The highest BCUT2D eigenvalue weighted by atomic mass is 35.5. The first-order valence-corrected chi connectivity index (χ1v) is 11.4. The fraction of sp³-hybridized carbons (Fsp3) is 0.478. The number of nitrogens with zero attached hydrogens (tertiary/aromatic N) is 5. The Kier molecular flexibility index (Phi) is 5.38. The van der Waals surface area contributed by atoms with E-state index in [2.05, 4.69) is 25.0 Å². The van der Waals surface area contributed by atoms with Crippen LogP contribution in [0.2, 0.25) is 5.02 Å². The van der Waals surface area contributed by atoms with Crippen molar-refractivity contribution < 1.29 is 13.9 Å². The predicted molar refractivity (Wildman–Crippen MR) is 121 cm³/mol. The quantitative estimate of drug-likeness (QED) is 0.626. The summed E-state index contributed by atoms with van der Waals surface area (Å²) in [5, 5.41) is 3.21. The molecule has 0 unspecified atom stereocenters. The summed E-state index contributed by atoms with van der Waals surface area (Å²) in [6, 6.07) is 4.74. The van der Waals surface area contributed by atoms with Crippen molar-refractivity contribution >= 4 is 34.9 Å². The van der Waals surface area contributed by atoms with Crippen LogP contribution in [-0.2, 0) is 11.3 Å². The maximum absolute atomic E-state index is 15.3. The molecular weight excluding hydrogens is 447 g/mol. The number of amides is 1. The molecule has 1 saturated heterocycles. The van der Waals surface area contributed by atoms with Gasteiger partial charge in [0.25, 0.3) is 0 Å². The summed E-state index contributed by atoms with van der Waals surface area (Å²) in [5.41, 5.74) is 0.707. The molecule has 0 bridgehead atoms. The number of piperazine rings is 1. The largest absolute Gasteiger partial charge is 0.443 e. The number of benzene rings is 1. The Morgan fingerprint density at radius 3 is 2.76 bits per heavy atom. The van der Waals surface area contributed by atoms with Gasteiger partial charge in [-0.25, -0.2) is 24.0 Å².